The summed E-state index contributed by atoms with van der Waals surface area (Å²) in [5, 5.41) is 3.30. The molecule has 0 heterocycles. The van der Waals surface area contributed by atoms with Gasteiger partial charge < -0.3 is 11.1 Å². The van der Waals surface area contributed by atoms with Crippen molar-refractivity contribution in [2.75, 3.05) is 12.0 Å². The van der Waals surface area contributed by atoms with Gasteiger partial charge in [0.25, 0.3) is 0 Å². The Balaban J connectivity index is 1.56. The standard InChI is InChI=1S/C15H26N2OS/c1-19-3-2-13(16)15(18)17-14-11-5-9-4-10(7-11)8-12(14)6-9/h9-14H,2-8,16H2,1H3,(H,17,18)/t9?,10?,11?,12?,13-,14?/m0/s1. The predicted molar refractivity (Wildman–Crippen MR) is 80.0 cm³/mol. The van der Waals surface area contributed by atoms with Gasteiger partial charge in [0.05, 0.1) is 6.04 Å². The molecule has 0 aromatic carbocycles. The van der Waals surface area contributed by atoms with E-state index in [4.69, 9.17) is 5.73 Å². The molecule has 4 heteroatoms. The molecule has 0 aliphatic heterocycles. The SMILES string of the molecule is CSCC[C@H](N)C(=O)NC1C2CC3CC(C2)CC1C3. The predicted octanol–water partition coefficient (Wildman–Crippen LogP) is 2.01. The van der Waals surface area contributed by atoms with Gasteiger partial charge in [-0.15, -0.1) is 0 Å². The molecule has 4 aliphatic carbocycles. The third-order valence-corrected chi connectivity index (χ3v) is 6.15. The number of rotatable bonds is 5. The van der Waals surface area contributed by atoms with Crippen molar-refractivity contribution >= 4 is 17.7 Å². The van der Waals surface area contributed by atoms with Gasteiger partial charge in [-0.2, -0.15) is 11.8 Å². The molecule has 1 amide bonds. The summed E-state index contributed by atoms with van der Waals surface area (Å²) in [5.74, 6) is 4.46. The first kappa shape index (κ1) is 13.7. The summed E-state index contributed by atoms with van der Waals surface area (Å²) < 4.78 is 0. The van der Waals surface area contributed by atoms with Crippen LogP contribution in [-0.4, -0.2) is 30.0 Å². The highest BCUT2D eigenvalue weighted by Crippen LogP contribution is 2.53. The maximum Gasteiger partial charge on any atom is 0.237 e. The molecule has 108 valence electrons. The van der Waals surface area contributed by atoms with Gasteiger partial charge in [-0.1, -0.05) is 0 Å². The Labute approximate surface area is 120 Å². The Morgan fingerprint density at radius 1 is 1.21 bits per heavy atom. The number of thioether (sulfide) groups is 1. The molecule has 0 aromatic rings. The Kier molecular flexibility index (Phi) is 4.08. The number of amides is 1. The van der Waals surface area contributed by atoms with Gasteiger partial charge in [-0.3, -0.25) is 4.79 Å². The molecule has 19 heavy (non-hydrogen) atoms. The number of hydrogen-bond donors (Lipinski definition) is 2. The first-order chi connectivity index (χ1) is 9.17. The highest BCUT2D eigenvalue weighted by atomic mass is 32.2. The molecule has 1 atom stereocenters. The number of carbonyl (C=O) groups is 1. The number of carbonyl (C=O) groups excluding carboxylic acids is 1. The van der Waals surface area contributed by atoms with Crippen molar-refractivity contribution in [3.8, 4) is 0 Å². The zero-order chi connectivity index (χ0) is 13.4. The normalized spacial score (nSPS) is 41.3. The van der Waals surface area contributed by atoms with E-state index in [1.165, 1.54) is 32.1 Å². The Morgan fingerprint density at radius 3 is 2.32 bits per heavy atom. The fraction of sp³-hybridized carbons (Fsp3) is 0.933. The van der Waals surface area contributed by atoms with E-state index in [1.807, 2.05) is 0 Å². The minimum atomic E-state index is -0.315. The van der Waals surface area contributed by atoms with Crippen LogP contribution in [0.3, 0.4) is 0 Å². The van der Waals surface area contributed by atoms with Crippen LogP contribution in [0.25, 0.3) is 0 Å². The van der Waals surface area contributed by atoms with Crippen molar-refractivity contribution in [3.63, 3.8) is 0 Å². The van der Waals surface area contributed by atoms with Gasteiger partial charge in [-0.05, 0) is 74.2 Å². The van der Waals surface area contributed by atoms with Gasteiger partial charge in [-0.25, -0.2) is 0 Å². The van der Waals surface area contributed by atoms with Crippen LogP contribution in [0, 0.1) is 23.7 Å². The van der Waals surface area contributed by atoms with Crippen LogP contribution in [0.5, 0.6) is 0 Å². The smallest absolute Gasteiger partial charge is 0.237 e. The minimum absolute atomic E-state index is 0.0894. The van der Waals surface area contributed by atoms with E-state index in [0.29, 0.717) is 6.04 Å². The molecule has 3 nitrogen and oxygen atoms in total. The molecular formula is C15H26N2OS. The molecule has 4 bridgehead atoms. The second kappa shape index (κ2) is 5.65. The van der Waals surface area contributed by atoms with Crippen molar-refractivity contribution in [1.82, 2.24) is 5.32 Å². The molecule has 4 fully saturated rings. The second-order valence-corrected chi connectivity index (χ2v) is 7.84. The number of hydrogen-bond acceptors (Lipinski definition) is 3. The molecule has 0 radical (unpaired) electrons. The summed E-state index contributed by atoms with van der Waals surface area (Å²) in [5.41, 5.74) is 5.98. The molecule has 4 aliphatic rings. The quantitative estimate of drug-likeness (QED) is 0.811. The molecular weight excluding hydrogens is 256 g/mol. The minimum Gasteiger partial charge on any atom is -0.351 e. The van der Waals surface area contributed by atoms with Crippen LogP contribution in [-0.2, 0) is 4.79 Å². The van der Waals surface area contributed by atoms with E-state index < -0.39 is 0 Å². The summed E-state index contributed by atoms with van der Waals surface area (Å²) in [4.78, 5) is 12.2. The maximum absolute atomic E-state index is 12.2. The van der Waals surface area contributed by atoms with E-state index in [9.17, 15) is 4.79 Å². The van der Waals surface area contributed by atoms with Crippen LogP contribution in [0.4, 0.5) is 0 Å². The highest BCUT2D eigenvalue weighted by molar-refractivity contribution is 7.98. The van der Waals surface area contributed by atoms with Gasteiger partial charge in [0.1, 0.15) is 0 Å². The Hall–Kier alpha value is -0.220. The summed E-state index contributed by atoms with van der Waals surface area (Å²) in [7, 11) is 0. The molecule has 0 unspecified atom stereocenters. The van der Waals surface area contributed by atoms with E-state index >= 15 is 0 Å². The Morgan fingerprint density at radius 2 is 1.79 bits per heavy atom. The number of nitrogens with two attached hydrogens (primary N) is 1. The van der Waals surface area contributed by atoms with Gasteiger partial charge >= 0.3 is 0 Å². The summed E-state index contributed by atoms with van der Waals surface area (Å²) in [6.45, 7) is 0. The molecule has 4 rings (SSSR count). The fourth-order valence-electron chi connectivity index (χ4n) is 4.81. The van der Waals surface area contributed by atoms with Gasteiger partial charge in [0.2, 0.25) is 5.91 Å². The van der Waals surface area contributed by atoms with Crippen LogP contribution in [0.2, 0.25) is 0 Å². The van der Waals surface area contributed by atoms with Crippen LogP contribution < -0.4 is 11.1 Å². The van der Waals surface area contributed by atoms with Gasteiger partial charge in [0, 0.05) is 6.04 Å². The van der Waals surface area contributed by atoms with E-state index in [-0.39, 0.29) is 11.9 Å². The fourth-order valence-corrected chi connectivity index (χ4v) is 5.30. The molecule has 4 saturated carbocycles. The lowest BCUT2D eigenvalue weighted by atomic mass is 9.54. The number of nitrogens with one attached hydrogen (secondary N) is 1. The molecule has 0 aromatic heterocycles. The van der Waals surface area contributed by atoms with Crippen LogP contribution in [0.1, 0.15) is 38.5 Å². The molecule has 0 spiro atoms. The molecule has 3 N–H and O–H groups in total. The van der Waals surface area contributed by atoms with Crippen LogP contribution in [0.15, 0.2) is 0 Å². The zero-order valence-corrected chi connectivity index (χ0v) is 12.6. The van der Waals surface area contributed by atoms with E-state index in [2.05, 4.69) is 11.6 Å². The zero-order valence-electron chi connectivity index (χ0n) is 11.8. The largest absolute Gasteiger partial charge is 0.351 e. The van der Waals surface area contributed by atoms with E-state index in [0.717, 1.165) is 35.8 Å². The monoisotopic (exact) mass is 282 g/mol. The average Bonchev–Trinajstić information content (AvgIpc) is 2.39. The van der Waals surface area contributed by atoms with Crippen molar-refractivity contribution in [3.05, 3.63) is 0 Å². The first-order valence-corrected chi connectivity index (χ1v) is 9.11. The summed E-state index contributed by atoms with van der Waals surface area (Å²) >= 11 is 1.76. The maximum atomic E-state index is 12.2. The summed E-state index contributed by atoms with van der Waals surface area (Å²) in [6.07, 6.45) is 9.69. The van der Waals surface area contributed by atoms with E-state index in [1.54, 1.807) is 11.8 Å². The average molecular weight is 282 g/mol. The first-order valence-electron chi connectivity index (χ1n) is 7.72. The van der Waals surface area contributed by atoms with Gasteiger partial charge in [0.15, 0.2) is 0 Å². The lowest BCUT2D eigenvalue weighted by Gasteiger charge is -2.54. The lowest BCUT2D eigenvalue weighted by Crippen LogP contribution is -2.58. The third-order valence-electron chi connectivity index (χ3n) is 5.51. The second-order valence-electron chi connectivity index (χ2n) is 6.85. The van der Waals surface area contributed by atoms with Crippen molar-refractivity contribution in [2.45, 2.75) is 50.6 Å². The summed E-state index contributed by atoms with van der Waals surface area (Å²) in [6, 6.07) is 0.116. The lowest BCUT2D eigenvalue weighted by molar-refractivity contribution is -0.126. The van der Waals surface area contributed by atoms with Crippen molar-refractivity contribution in [1.29, 1.82) is 0 Å². The van der Waals surface area contributed by atoms with Crippen molar-refractivity contribution in [2.24, 2.45) is 29.4 Å². The highest BCUT2D eigenvalue weighted by Gasteiger charge is 2.48. The topological polar surface area (TPSA) is 55.1 Å². The van der Waals surface area contributed by atoms with Crippen molar-refractivity contribution < 1.29 is 4.79 Å². The molecule has 0 saturated heterocycles. The van der Waals surface area contributed by atoms with Crippen LogP contribution >= 0.6 is 11.8 Å². The third kappa shape index (κ3) is 2.80. The Bertz CT molecular complexity index is 319.